The number of hydrogen-bond donors (Lipinski definition) is 2. The minimum Gasteiger partial charge on any atom is -0.396 e. The Morgan fingerprint density at radius 1 is 1.00 bits per heavy atom. The minimum absolute atomic E-state index is 0.0663. The van der Waals surface area contributed by atoms with Gasteiger partial charge in [-0.25, -0.2) is 0 Å². The zero-order valence-electron chi connectivity index (χ0n) is 18.3. The van der Waals surface area contributed by atoms with E-state index in [-0.39, 0.29) is 31.0 Å². The van der Waals surface area contributed by atoms with E-state index >= 15 is 0 Å². The molecule has 2 fully saturated rings. The second-order valence-electron chi connectivity index (χ2n) is 8.64. The van der Waals surface area contributed by atoms with Crippen LogP contribution in [0.4, 0.5) is 0 Å². The molecule has 0 amide bonds. The molecular formula is C25H33NO5. The maximum Gasteiger partial charge on any atom is 0.190 e. The Hall–Kier alpha value is -1.80. The number of benzene rings is 2. The Bertz CT molecular complexity index is 800. The Kier molecular flexibility index (Phi) is 7.38. The molecule has 1 unspecified atom stereocenters. The van der Waals surface area contributed by atoms with Crippen LogP contribution in [-0.4, -0.2) is 54.7 Å². The first-order valence-electron chi connectivity index (χ1n) is 11.1. The van der Waals surface area contributed by atoms with Gasteiger partial charge in [0, 0.05) is 12.6 Å². The predicted molar refractivity (Wildman–Crippen MR) is 117 cm³/mol. The van der Waals surface area contributed by atoms with Gasteiger partial charge in [0.1, 0.15) is 18.3 Å². The van der Waals surface area contributed by atoms with Crippen LogP contribution in [0.15, 0.2) is 60.7 Å². The summed E-state index contributed by atoms with van der Waals surface area (Å²) >= 11 is 0. The minimum atomic E-state index is -0.706. The zero-order chi connectivity index (χ0) is 21.7. The van der Waals surface area contributed by atoms with Crippen molar-refractivity contribution in [3.63, 3.8) is 0 Å². The zero-order valence-corrected chi connectivity index (χ0v) is 18.3. The van der Waals surface area contributed by atoms with E-state index in [4.69, 9.17) is 18.9 Å². The van der Waals surface area contributed by atoms with Crippen LogP contribution in [-0.2, 0) is 32.0 Å². The number of fused-ring (bicyclic) bond motifs is 1. The van der Waals surface area contributed by atoms with Gasteiger partial charge in [-0.05, 0) is 44.4 Å². The second-order valence-corrected chi connectivity index (χ2v) is 8.64. The van der Waals surface area contributed by atoms with Gasteiger partial charge in [-0.1, -0.05) is 60.7 Å². The SMILES string of the molecule is CC1(C)O[C@H]2O[C@H](C(CCO)NCCc3ccccc3)[C@H](OCc3ccccc3)[C@H]2O1. The summed E-state index contributed by atoms with van der Waals surface area (Å²) in [7, 11) is 0. The fraction of sp³-hybridized carbons (Fsp3) is 0.520. The molecule has 5 atom stereocenters. The van der Waals surface area contributed by atoms with Gasteiger partial charge in [0.05, 0.1) is 6.61 Å². The molecule has 2 heterocycles. The van der Waals surface area contributed by atoms with Crippen molar-refractivity contribution in [3.05, 3.63) is 71.8 Å². The summed E-state index contributed by atoms with van der Waals surface area (Å²) < 4.78 is 24.8. The third-order valence-electron chi connectivity index (χ3n) is 5.81. The quantitative estimate of drug-likeness (QED) is 0.608. The van der Waals surface area contributed by atoms with Crippen molar-refractivity contribution in [1.82, 2.24) is 5.32 Å². The number of aliphatic hydroxyl groups excluding tert-OH is 1. The second kappa shape index (κ2) is 10.2. The molecule has 31 heavy (non-hydrogen) atoms. The molecule has 2 aliphatic rings. The van der Waals surface area contributed by atoms with E-state index in [0.717, 1.165) is 18.5 Å². The molecule has 2 aliphatic heterocycles. The molecule has 2 saturated heterocycles. The predicted octanol–water partition coefficient (Wildman–Crippen LogP) is 3.03. The molecule has 0 radical (unpaired) electrons. The van der Waals surface area contributed by atoms with Crippen LogP contribution in [0.5, 0.6) is 0 Å². The highest BCUT2D eigenvalue weighted by atomic mass is 16.8. The number of nitrogens with one attached hydrogen (secondary N) is 1. The molecule has 6 nitrogen and oxygen atoms in total. The van der Waals surface area contributed by atoms with E-state index in [0.29, 0.717) is 13.0 Å². The molecule has 6 heteroatoms. The third kappa shape index (κ3) is 5.71. The number of rotatable bonds is 10. The van der Waals surface area contributed by atoms with Gasteiger partial charge in [0.25, 0.3) is 0 Å². The average molecular weight is 428 g/mol. The van der Waals surface area contributed by atoms with Crippen molar-refractivity contribution < 1.29 is 24.1 Å². The van der Waals surface area contributed by atoms with Crippen molar-refractivity contribution in [2.75, 3.05) is 13.2 Å². The Labute approximate surface area is 184 Å². The van der Waals surface area contributed by atoms with Crippen LogP contribution >= 0.6 is 0 Å². The summed E-state index contributed by atoms with van der Waals surface area (Å²) in [6.07, 6.45) is 0.106. The van der Waals surface area contributed by atoms with Gasteiger partial charge in [0.15, 0.2) is 12.1 Å². The highest BCUT2D eigenvalue weighted by Crippen LogP contribution is 2.40. The molecule has 2 aromatic rings. The van der Waals surface area contributed by atoms with E-state index in [1.165, 1.54) is 5.56 Å². The molecule has 168 valence electrons. The molecule has 0 aliphatic carbocycles. The smallest absolute Gasteiger partial charge is 0.190 e. The van der Waals surface area contributed by atoms with Crippen molar-refractivity contribution in [1.29, 1.82) is 0 Å². The molecule has 4 rings (SSSR count). The number of ether oxygens (including phenoxy) is 4. The standard InChI is InChI=1S/C25H33NO5/c1-25(2)30-23-22(28-17-19-11-7-4-8-12-19)21(29-24(23)31-25)20(14-16-27)26-15-13-18-9-5-3-6-10-18/h3-12,20-24,26-27H,13-17H2,1-2H3/t20?,21-,22+,23-,24-/m1/s1. The lowest BCUT2D eigenvalue weighted by atomic mass is 10.00. The van der Waals surface area contributed by atoms with Crippen molar-refractivity contribution in [3.8, 4) is 0 Å². The number of hydrogen-bond acceptors (Lipinski definition) is 6. The monoisotopic (exact) mass is 427 g/mol. The van der Waals surface area contributed by atoms with E-state index in [1.54, 1.807) is 0 Å². The van der Waals surface area contributed by atoms with Gasteiger partial charge < -0.3 is 29.4 Å². The van der Waals surface area contributed by atoms with Crippen molar-refractivity contribution in [2.45, 2.75) is 69.7 Å². The highest BCUT2D eigenvalue weighted by Gasteiger charge is 2.56. The largest absolute Gasteiger partial charge is 0.396 e. The van der Waals surface area contributed by atoms with Gasteiger partial charge in [-0.15, -0.1) is 0 Å². The topological polar surface area (TPSA) is 69.2 Å². The van der Waals surface area contributed by atoms with Crippen LogP contribution in [0, 0.1) is 0 Å². The Balaban J connectivity index is 1.44. The van der Waals surface area contributed by atoms with Crippen molar-refractivity contribution >= 4 is 0 Å². The summed E-state index contributed by atoms with van der Waals surface area (Å²) in [5.41, 5.74) is 2.37. The fourth-order valence-corrected chi connectivity index (χ4v) is 4.35. The molecule has 0 spiro atoms. The number of aliphatic hydroxyl groups is 1. The summed E-state index contributed by atoms with van der Waals surface area (Å²) in [6.45, 7) is 5.09. The van der Waals surface area contributed by atoms with E-state index in [1.807, 2.05) is 62.4 Å². The summed E-state index contributed by atoms with van der Waals surface area (Å²) in [6, 6.07) is 20.4. The first-order valence-corrected chi connectivity index (χ1v) is 11.1. The molecule has 0 saturated carbocycles. The van der Waals surface area contributed by atoms with Crippen LogP contribution in [0.2, 0.25) is 0 Å². The van der Waals surface area contributed by atoms with Crippen LogP contribution in [0.25, 0.3) is 0 Å². The van der Waals surface area contributed by atoms with Gasteiger partial charge in [0.2, 0.25) is 0 Å². The lowest BCUT2D eigenvalue weighted by molar-refractivity contribution is -0.222. The summed E-state index contributed by atoms with van der Waals surface area (Å²) in [4.78, 5) is 0. The summed E-state index contributed by atoms with van der Waals surface area (Å²) in [5, 5.41) is 13.3. The lowest BCUT2D eigenvalue weighted by Gasteiger charge is -2.31. The molecule has 0 bridgehead atoms. The average Bonchev–Trinajstić information content (AvgIpc) is 3.24. The van der Waals surface area contributed by atoms with E-state index < -0.39 is 12.1 Å². The van der Waals surface area contributed by atoms with Gasteiger partial charge in [-0.3, -0.25) is 0 Å². The van der Waals surface area contributed by atoms with Crippen LogP contribution < -0.4 is 5.32 Å². The van der Waals surface area contributed by atoms with Crippen molar-refractivity contribution in [2.24, 2.45) is 0 Å². The normalized spacial score (nSPS) is 27.8. The Morgan fingerprint density at radius 2 is 1.68 bits per heavy atom. The highest BCUT2D eigenvalue weighted by molar-refractivity contribution is 5.15. The van der Waals surface area contributed by atoms with Crippen LogP contribution in [0.1, 0.15) is 31.4 Å². The van der Waals surface area contributed by atoms with Gasteiger partial charge >= 0.3 is 0 Å². The molecule has 0 aromatic heterocycles. The first-order chi connectivity index (χ1) is 15.1. The fourth-order valence-electron chi connectivity index (χ4n) is 4.35. The first kappa shape index (κ1) is 22.4. The molecular weight excluding hydrogens is 394 g/mol. The lowest BCUT2D eigenvalue weighted by Crippen LogP contribution is -2.49. The Morgan fingerprint density at radius 3 is 2.35 bits per heavy atom. The van der Waals surface area contributed by atoms with E-state index in [2.05, 4.69) is 17.4 Å². The van der Waals surface area contributed by atoms with E-state index in [9.17, 15) is 5.11 Å². The summed E-state index contributed by atoms with van der Waals surface area (Å²) in [5.74, 6) is -0.706. The molecule has 2 aromatic carbocycles. The molecule has 2 N–H and O–H groups in total. The maximum atomic E-state index is 9.69. The van der Waals surface area contributed by atoms with Gasteiger partial charge in [-0.2, -0.15) is 0 Å². The maximum absolute atomic E-state index is 9.69. The van der Waals surface area contributed by atoms with Crippen LogP contribution in [0.3, 0.4) is 0 Å². The third-order valence-corrected chi connectivity index (χ3v) is 5.81.